The fourth-order valence-corrected chi connectivity index (χ4v) is 2.52. The largest absolute Gasteiger partial charge is 0.579 e. The van der Waals surface area contributed by atoms with E-state index in [1.807, 2.05) is 25.1 Å². The lowest BCUT2D eigenvalue weighted by atomic mass is 9.96. The summed E-state index contributed by atoms with van der Waals surface area (Å²) in [6.45, 7) is 6.76. The average Bonchev–Trinajstić information content (AvgIpc) is 2.54. The van der Waals surface area contributed by atoms with Gasteiger partial charge in [-0.2, -0.15) is 0 Å². The van der Waals surface area contributed by atoms with Crippen molar-refractivity contribution in [3.8, 4) is 5.75 Å². The van der Waals surface area contributed by atoms with Crippen LogP contribution in [0.4, 0.5) is 0 Å². The summed E-state index contributed by atoms with van der Waals surface area (Å²) >= 11 is 0. The monoisotopic (exact) mass is 299 g/mol. The Morgan fingerprint density at radius 2 is 1.91 bits per heavy atom. The number of ether oxygens (including phenoxy) is 1. The minimum Gasteiger partial charge on any atom is -0.579 e. The highest BCUT2D eigenvalue weighted by Crippen LogP contribution is 2.25. The van der Waals surface area contributed by atoms with Crippen LogP contribution in [0.1, 0.15) is 35.1 Å². The smallest absolute Gasteiger partial charge is 0.339 e. The van der Waals surface area contributed by atoms with Gasteiger partial charge in [-0.1, -0.05) is 24.3 Å². The number of aliphatic hydroxyl groups is 2. The van der Waals surface area contributed by atoms with Gasteiger partial charge in [0, 0.05) is 17.2 Å². The second kappa shape index (κ2) is 7.12. The van der Waals surface area contributed by atoms with Gasteiger partial charge in [0.15, 0.2) is 6.61 Å². The second-order valence-electron chi connectivity index (χ2n) is 5.66. The zero-order valence-corrected chi connectivity index (χ0v) is 13.7. The predicted molar refractivity (Wildman–Crippen MR) is 90.7 cm³/mol. The van der Waals surface area contributed by atoms with E-state index in [0.717, 1.165) is 16.9 Å². The number of rotatable bonds is 5. The van der Waals surface area contributed by atoms with Crippen LogP contribution in [-0.4, -0.2) is 22.8 Å². The topological polar surface area (TPSA) is 47.0 Å². The number of aromatic hydroxyl groups is 1. The van der Waals surface area contributed by atoms with Crippen LogP contribution in [0.5, 0.6) is 5.75 Å². The molecule has 0 unspecified atom stereocenters. The maximum Gasteiger partial charge on any atom is 0.339 e. The lowest BCUT2D eigenvalue weighted by Crippen LogP contribution is -2.69. The molecule has 2 aromatic rings. The number of aliphatic hydroxyl groups excluding tert-OH is 1. The second-order valence-corrected chi connectivity index (χ2v) is 5.66. The zero-order valence-electron chi connectivity index (χ0n) is 13.7. The maximum absolute atomic E-state index is 9.95. The standard InChI is InChI=1S/C19H23NO2/c1-13-9-10-14(2)18(11-13)22-12-16-7-5-6-8-17(16)15(3)19(21)20-4/h5-11,15H,12H2,1-4H3,(H,20,21)/p+2/t15-/m0/s1. The third-order valence-corrected chi connectivity index (χ3v) is 3.97. The number of aryl methyl sites for hydroxylation is 2. The molecule has 0 fully saturated rings. The first-order valence-corrected chi connectivity index (χ1v) is 7.59. The van der Waals surface area contributed by atoms with Crippen LogP contribution < -0.4 is 4.99 Å². The first-order valence-electron chi connectivity index (χ1n) is 7.59. The van der Waals surface area contributed by atoms with Gasteiger partial charge >= 0.3 is 5.90 Å². The van der Waals surface area contributed by atoms with Gasteiger partial charge in [0.25, 0.3) is 5.75 Å². The molecule has 3 nitrogen and oxygen atoms in total. The first-order chi connectivity index (χ1) is 10.5. The summed E-state index contributed by atoms with van der Waals surface area (Å²) in [4.78, 5) is 2.82. The highest BCUT2D eigenvalue weighted by Gasteiger charge is 2.20. The minimum absolute atomic E-state index is 0.0602. The molecule has 0 heterocycles. The van der Waals surface area contributed by atoms with E-state index >= 15 is 0 Å². The fourth-order valence-electron chi connectivity index (χ4n) is 2.52. The number of benzene rings is 2. The van der Waals surface area contributed by atoms with E-state index in [1.165, 1.54) is 11.1 Å². The molecule has 22 heavy (non-hydrogen) atoms. The Hall–Kier alpha value is -2.29. The van der Waals surface area contributed by atoms with Crippen molar-refractivity contribution in [3.63, 3.8) is 0 Å². The van der Waals surface area contributed by atoms with E-state index in [2.05, 4.69) is 43.1 Å². The molecule has 0 aliphatic heterocycles. The molecule has 0 saturated heterocycles. The molecule has 3 N–H and O–H groups in total. The van der Waals surface area contributed by atoms with E-state index in [1.54, 1.807) is 7.05 Å². The molecule has 1 atom stereocenters. The van der Waals surface area contributed by atoms with Crippen molar-refractivity contribution in [3.05, 3.63) is 64.7 Å². The van der Waals surface area contributed by atoms with E-state index in [9.17, 15) is 5.11 Å². The summed E-state index contributed by atoms with van der Waals surface area (Å²) in [7, 11) is 1.73. The quantitative estimate of drug-likeness (QED) is 0.497. The molecular formula is C19H25NO2+2. The van der Waals surface area contributed by atoms with Gasteiger partial charge in [-0.3, -0.25) is 0 Å². The Morgan fingerprint density at radius 3 is 2.64 bits per heavy atom. The molecule has 0 aromatic heterocycles. The molecule has 0 amide bonds. The van der Waals surface area contributed by atoms with Gasteiger partial charge < -0.3 is 9.84 Å². The molecule has 3 heteroatoms. The highest BCUT2D eigenvalue weighted by molar-refractivity contribution is 5.76. The summed E-state index contributed by atoms with van der Waals surface area (Å²) in [5.41, 5.74) is 4.63. The molecule has 116 valence electrons. The third-order valence-electron chi connectivity index (χ3n) is 3.97. The Kier molecular flexibility index (Phi) is 5.21. The van der Waals surface area contributed by atoms with Crippen molar-refractivity contribution in [2.75, 3.05) is 7.05 Å². The summed E-state index contributed by atoms with van der Waals surface area (Å²) < 4.78 is 4.75. The van der Waals surface area contributed by atoms with Gasteiger partial charge in [0.1, 0.15) is 13.0 Å². The Balaban J connectivity index is 2.22. The van der Waals surface area contributed by atoms with Crippen molar-refractivity contribution >= 4 is 5.90 Å². The molecule has 2 rings (SSSR count). The van der Waals surface area contributed by atoms with Crippen LogP contribution in [0.15, 0.2) is 42.5 Å². The predicted octanol–water partition coefficient (Wildman–Crippen LogP) is 2.52. The van der Waals surface area contributed by atoms with Crippen molar-refractivity contribution in [1.82, 2.24) is 0 Å². The van der Waals surface area contributed by atoms with Crippen LogP contribution >= 0.6 is 0 Å². The molecule has 0 aliphatic rings. The fraction of sp³-hybridized carbons (Fsp3) is 0.316. The SMILES string of the molecule is C[NH+]=C(O)[C@@H](C)c1ccccc1C[OH+]c1cc(C)ccc1C. The van der Waals surface area contributed by atoms with E-state index in [-0.39, 0.29) is 11.8 Å². The van der Waals surface area contributed by atoms with Gasteiger partial charge in [-0.05, 0) is 44.0 Å². The summed E-state index contributed by atoms with van der Waals surface area (Å²) in [5, 5.41) is 9.95. The van der Waals surface area contributed by atoms with Gasteiger partial charge in [-0.15, -0.1) is 0 Å². The van der Waals surface area contributed by atoms with Gasteiger partial charge in [0.2, 0.25) is 0 Å². The average molecular weight is 299 g/mol. The number of nitrogens with one attached hydrogen (secondary N) is 1. The van der Waals surface area contributed by atoms with Crippen molar-refractivity contribution in [1.29, 1.82) is 0 Å². The van der Waals surface area contributed by atoms with E-state index in [0.29, 0.717) is 6.61 Å². The summed E-state index contributed by atoms with van der Waals surface area (Å²) in [5.74, 6) is 1.25. The molecule has 0 spiro atoms. The molecule has 0 aliphatic carbocycles. The first kappa shape index (κ1) is 16.1. The molecule has 0 radical (unpaired) electrons. The van der Waals surface area contributed by atoms with Crippen molar-refractivity contribution in [2.45, 2.75) is 33.3 Å². The zero-order chi connectivity index (χ0) is 16.1. The van der Waals surface area contributed by atoms with Crippen molar-refractivity contribution < 1.29 is 14.8 Å². The number of hydrogen-bond acceptors (Lipinski definition) is 0. The van der Waals surface area contributed by atoms with Gasteiger partial charge in [0.05, 0.1) is 0 Å². The van der Waals surface area contributed by atoms with E-state index in [4.69, 9.17) is 4.74 Å². The number of hydrogen-bond donors (Lipinski definition) is 2. The maximum atomic E-state index is 9.95. The van der Waals surface area contributed by atoms with Crippen LogP contribution in [-0.2, 0) is 6.61 Å². The Morgan fingerprint density at radius 1 is 1.18 bits per heavy atom. The van der Waals surface area contributed by atoms with Crippen LogP contribution in [0, 0.1) is 13.8 Å². The molecule has 0 saturated carbocycles. The molecular weight excluding hydrogens is 274 g/mol. The third kappa shape index (κ3) is 3.67. The van der Waals surface area contributed by atoms with Crippen LogP contribution in [0.25, 0.3) is 0 Å². The van der Waals surface area contributed by atoms with E-state index < -0.39 is 0 Å². The lowest BCUT2D eigenvalue weighted by molar-refractivity contribution is -0.432. The Labute approximate surface area is 132 Å². The van der Waals surface area contributed by atoms with Crippen molar-refractivity contribution in [2.24, 2.45) is 0 Å². The normalized spacial score (nSPS) is 13.0. The highest BCUT2D eigenvalue weighted by atomic mass is 16.5. The minimum atomic E-state index is -0.0602. The lowest BCUT2D eigenvalue weighted by Gasteiger charge is -2.13. The Bertz CT molecular complexity index is 677. The summed E-state index contributed by atoms with van der Waals surface area (Å²) in [6, 6.07) is 14.4. The molecule has 2 aromatic carbocycles. The van der Waals surface area contributed by atoms with Gasteiger partial charge in [-0.25, -0.2) is 4.99 Å². The summed E-state index contributed by atoms with van der Waals surface area (Å²) in [6.07, 6.45) is 0. The van der Waals surface area contributed by atoms with Crippen LogP contribution in [0.3, 0.4) is 0 Å². The molecule has 0 bridgehead atoms. The van der Waals surface area contributed by atoms with Crippen LogP contribution in [0.2, 0.25) is 0 Å².